The van der Waals surface area contributed by atoms with Gasteiger partial charge in [0.25, 0.3) is 11.8 Å². The van der Waals surface area contributed by atoms with Crippen LogP contribution in [0.5, 0.6) is 0 Å². The van der Waals surface area contributed by atoms with Crippen molar-refractivity contribution in [3.63, 3.8) is 0 Å². The summed E-state index contributed by atoms with van der Waals surface area (Å²) < 4.78 is 5.39. The lowest BCUT2D eigenvalue weighted by Gasteiger charge is -2.33. The summed E-state index contributed by atoms with van der Waals surface area (Å²) in [4.78, 5) is 39.7. The molecule has 2 rings (SSSR count). The fourth-order valence-corrected chi connectivity index (χ4v) is 3.25. The minimum absolute atomic E-state index is 0.104. The van der Waals surface area contributed by atoms with Crippen molar-refractivity contribution in [3.05, 3.63) is 24.3 Å². The van der Waals surface area contributed by atoms with E-state index in [1.54, 1.807) is 17.1 Å². The SMILES string of the molecule is C=CCN1C(=O)/C(=C\CC2CCN(C(=O)OC(C)(C)C)CC2)C(=O)NC1=S. The molecular weight excluding hydrogens is 366 g/mol. The number of thiocarbonyl (C=S) groups is 1. The van der Waals surface area contributed by atoms with E-state index in [-0.39, 0.29) is 23.3 Å². The van der Waals surface area contributed by atoms with Gasteiger partial charge in [0.15, 0.2) is 5.11 Å². The molecule has 2 aliphatic heterocycles. The average Bonchev–Trinajstić information content (AvgIpc) is 2.57. The van der Waals surface area contributed by atoms with Gasteiger partial charge in [0.05, 0.1) is 0 Å². The van der Waals surface area contributed by atoms with Crippen molar-refractivity contribution < 1.29 is 19.1 Å². The van der Waals surface area contributed by atoms with Gasteiger partial charge in [0.1, 0.15) is 11.2 Å². The smallest absolute Gasteiger partial charge is 0.410 e. The van der Waals surface area contributed by atoms with Crippen molar-refractivity contribution in [2.24, 2.45) is 5.92 Å². The second-order valence-corrected chi connectivity index (χ2v) is 8.11. The average molecular weight is 394 g/mol. The number of hydrogen-bond acceptors (Lipinski definition) is 5. The topological polar surface area (TPSA) is 79.0 Å². The molecule has 0 radical (unpaired) electrons. The Kier molecular flexibility index (Phi) is 6.75. The molecule has 7 nitrogen and oxygen atoms in total. The summed E-state index contributed by atoms with van der Waals surface area (Å²) in [6.07, 6.45) is 5.15. The van der Waals surface area contributed by atoms with Crippen LogP contribution < -0.4 is 5.32 Å². The van der Waals surface area contributed by atoms with E-state index < -0.39 is 17.4 Å². The first-order valence-electron chi connectivity index (χ1n) is 9.08. The van der Waals surface area contributed by atoms with Crippen LogP contribution in [0.4, 0.5) is 4.79 Å². The minimum atomic E-state index is -0.509. The Morgan fingerprint density at radius 3 is 2.52 bits per heavy atom. The Labute approximate surface area is 165 Å². The molecule has 0 unspecified atom stereocenters. The van der Waals surface area contributed by atoms with Crippen LogP contribution in [0.3, 0.4) is 0 Å². The van der Waals surface area contributed by atoms with Gasteiger partial charge in [0, 0.05) is 19.6 Å². The van der Waals surface area contributed by atoms with E-state index in [9.17, 15) is 14.4 Å². The second kappa shape index (κ2) is 8.65. The molecule has 0 atom stereocenters. The van der Waals surface area contributed by atoms with Crippen LogP contribution in [-0.4, -0.2) is 58.1 Å². The van der Waals surface area contributed by atoms with Crippen molar-refractivity contribution in [3.8, 4) is 0 Å². The van der Waals surface area contributed by atoms with E-state index in [4.69, 9.17) is 17.0 Å². The number of ether oxygens (including phenoxy) is 1. The van der Waals surface area contributed by atoms with E-state index in [0.29, 0.717) is 25.4 Å². The van der Waals surface area contributed by atoms with Gasteiger partial charge in [0.2, 0.25) is 0 Å². The molecule has 27 heavy (non-hydrogen) atoms. The van der Waals surface area contributed by atoms with Gasteiger partial charge >= 0.3 is 6.09 Å². The van der Waals surface area contributed by atoms with E-state index in [0.717, 1.165) is 12.8 Å². The van der Waals surface area contributed by atoms with Gasteiger partial charge in [-0.05, 0) is 58.2 Å². The number of amides is 3. The Balaban J connectivity index is 1.92. The highest BCUT2D eigenvalue weighted by Gasteiger charge is 2.33. The fourth-order valence-electron chi connectivity index (χ4n) is 3.00. The van der Waals surface area contributed by atoms with Crippen LogP contribution in [0.25, 0.3) is 0 Å². The first kappa shape index (κ1) is 21.1. The van der Waals surface area contributed by atoms with Crippen LogP contribution in [-0.2, 0) is 14.3 Å². The summed E-state index contributed by atoms with van der Waals surface area (Å²) >= 11 is 5.03. The minimum Gasteiger partial charge on any atom is -0.444 e. The van der Waals surface area contributed by atoms with Gasteiger partial charge in [-0.3, -0.25) is 19.8 Å². The van der Waals surface area contributed by atoms with Crippen molar-refractivity contribution in [2.75, 3.05) is 19.6 Å². The molecule has 0 aromatic rings. The zero-order chi connectivity index (χ0) is 20.2. The monoisotopic (exact) mass is 393 g/mol. The van der Waals surface area contributed by atoms with Crippen molar-refractivity contribution >= 4 is 35.2 Å². The van der Waals surface area contributed by atoms with Crippen molar-refractivity contribution in [2.45, 2.75) is 45.6 Å². The first-order chi connectivity index (χ1) is 12.6. The number of nitrogens with one attached hydrogen (secondary N) is 1. The highest BCUT2D eigenvalue weighted by Crippen LogP contribution is 2.24. The number of allylic oxidation sites excluding steroid dienone is 1. The molecule has 2 saturated heterocycles. The Morgan fingerprint density at radius 1 is 1.33 bits per heavy atom. The molecule has 3 amide bonds. The number of carbonyl (C=O) groups is 3. The van der Waals surface area contributed by atoms with Gasteiger partial charge < -0.3 is 9.64 Å². The largest absolute Gasteiger partial charge is 0.444 e. The van der Waals surface area contributed by atoms with Crippen LogP contribution >= 0.6 is 12.2 Å². The maximum atomic E-state index is 12.5. The molecule has 0 saturated carbocycles. The zero-order valence-corrected chi connectivity index (χ0v) is 16.9. The summed E-state index contributed by atoms with van der Waals surface area (Å²) in [5.74, 6) is -0.551. The third-order valence-corrected chi connectivity index (χ3v) is 4.74. The Hall–Kier alpha value is -2.22. The normalized spacial score (nSPS) is 20.7. The highest BCUT2D eigenvalue weighted by atomic mass is 32.1. The van der Waals surface area contributed by atoms with Crippen LogP contribution in [0, 0.1) is 5.92 Å². The molecule has 8 heteroatoms. The summed E-state index contributed by atoms with van der Waals surface area (Å²) in [7, 11) is 0. The predicted octanol–water partition coefficient (Wildman–Crippen LogP) is 2.38. The quantitative estimate of drug-likeness (QED) is 0.343. The first-order valence-corrected chi connectivity index (χ1v) is 9.49. The fraction of sp³-hybridized carbons (Fsp3) is 0.579. The summed E-state index contributed by atoms with van der Waals surface area (Å²) in [6.45, 7) is 10.6. The number of piperidine rings is 1. The molecule has 0 bridgehead atoms. The van der Waals surface area contributed by atoms with Gasteiger partial charge in [-0.25, -0.2) is 4.79 Å². The number of likely N-dealkylation sites (tertiary alicyclic amines) is 1. The number of hydrogen-bond donors (Lipinski definition) is 1. The van der Waals surface area contributed by atoms with Crippen LogP contribution in [0.1, 0.15) is 40.0 Å². The Morgan fingerprint density at radius 2 is 1.96 bits per heavy atom. The van der Waals surface area contributed by atoms with Gasteiger partial charge in [-0.1, -0.05) is 12.2 Å². The zero-order valence-electron chi connectivity index (χ0n) is 16.1. The lowest BCUT2D eigenvalue weighted by Crippen LogP contribution is -2.54. The van der Waals surface area contributed by atoms with E-state index in [2.05, 4.69) is 11.9 Å². The van der Waals surface area contributed by atoms with Gasteiger partial charge in [-0.2, -0.15) is 0 Å². The maximum absolute atomic E-state index is 12.5. The lowest BCUT2D eigenvalue weighted by atomic mass is 9.92. The molecule has 2 aliphatic rings. The molecule has 0 aromatic carbocycles. The molecule has 0 aliphatic carbocycles. The predicted molar refractivity (Wildman–Crippen MR) is 106 cm³/mol. The van der Waals surface area contributed by atoms with Crippen molar-refractivity contribution in [1.82, 2.24) is 15.1 Å². The molecule has 1 N–H and O–H groups in total. The van der Waals surface area contributed by atoms with Crippen LogP contribution in [0.15, 0.2) is 24.3 Å². The second-order valence-electron chi connectivity index (χ2n) is 7.73. The maximum Gasteiger partial charge on any atom is 0.410 e. The lowest BCUT2D eigenvalue weighted by molar-refractivity contribution is -0.128. The molecule has 2 fully saturated rings. The third-order valence-electron chi connectivity index (χ3n) is 4.42. The molecule has 2 heterocycles. The molecular formula is C19H27N3O4S. The Bertz CT molecular complexity index is 673. The van der Waals surface area contributed by atoms with E-state index in [1.807, 2.05) is 20.8 Å². The number of carbonyl (C=O) groups excluding carboxylic acids is 3. The van der Waals surface area contributed by atoms with Crippen molar-refractivity contribution in [1.29, 1.82) is 0 Å². The molecule has 0 aromatic heterocycles. The standard InChI is InChI=1S/C19H27N3O4S/c1-5-10-22-16(24)14(15(23)20-17(22)27)7-6-13-8-11-21(12-9-13)18(25)26-19(2,3)4/h5,7,13H,1,6,8-12H2,2-4H3,(H,20,23,27)/b14-7-. The summed E-state index contributed by atoms with van der Waals surface area (Å²) in [5.41, 5.74) is -0.398. The molecule has 148 valence electrons. The molecule has 0 spiro atoms. The van der Waals surface area contributed by atoms with Crippen LogP contribution in [0.2, 0.25) is 0 Å². The van der Waals surface area contributed by atoms with E-state index >= 15 is 0 Å². The summed E-state index contributed by atoms with van der Waals surface area (Å²) in [5, 5.41) is 2.64. The highest BCUT2D eigenvalue weighted by molar-refractivity contribution is 7.80. The third kappa shape index (κ3) is 5.63. The number of nitrogens with zero attached hydrogens (tertiary/aromatic N) is 2. The van der Waals surface area contributed by atoms with E-state index in [1.165, 1.54) is 4.90 Å². The van der Waals surface area contributed by atoms with Gasteiger partial charge in [-0.15, -0.1) is 6.58 Å². The number of rotatable bonds is 4. The summed E-state index contributed by atoms with van der Waals surface area (Å²) in [6, 6.07) is 0.